The third kappa shape index (κ3) is 4.75. The molecule has 1 aliphatic heterocycles. The molecule has 0 bridgehead atoms. The van der Waals surface area contributed by atoms with Gasteiger partial charge in [0.15, 0.2) is 5.11 Å². The van der Waals surface area contributed by atoms with Crippen LogP contribution in [-0.4, -0.2) is 69.1 Å². The van der Waals surface area contributed by atoms with E-state index in [1.165, 1.54) is 29.9 Å². The van der Waals surface area contributed by atoms with Gasteiger partial charge in [-0.1, -0.05) is 0 Å². The van der Waals surface area contributed by atoms with Gasteiger partial charge < -0.3 is 19.7 Å². The molecular weight excluding hydrogens is 446 g/mol. The van der Waals surface area contributed by atoms with Crippen molar-refractivity contribution in [1.82, 2.24) is 9.21 Å². The molecule has 0 atom stereocenters. The van der Waals surface area contributed by atoms with Crippen molar-refractivity contribution in [3.63, 3.8) is 0 Å². The zero-order chi connectivity index (χ0) is 21.9. The number of nitrogens with zero attached hydrogens (tertiary/aromatic N) is 2. The first-order valence-corrected chi connectivity index (χ1v) is 11.8. The number of ether oxygens (including phenoxy) is 2. The second-order valence-electron chi connectivity index (χ2n) is 6.59. The fourth-order valence-electron chi connectivity index (χ4n) is 3.07. The molecule has 1 aliphatic rings. The van der Waals surface area contributed by atoms with Gasteiger partial charge in [0.25, 0.3) is 0 Å². The summed E-state index contributed by atoms with van der Waals surface area (Å²) in [5.41, 5.74) is 0.433. The molecule has 0 amide bonds. The standard InChI is InChI=1S/C19H23N3O5S3/c1-13-12-16(18(23)27-3)17(29-13)20-19(28)21-8-10-22(11-9-21)30(24,25)15-6-4-14(26-2)5-7-15/h4-7,12H,8-11H2,1-3H3,(H,20,28). The maximum Gasteiger partial charge on any atom is 0.340 e. The number of methoxy groups -OCH3 is 2. The fraction of sp³-hybridized carbons (Fsp3) is 0.368. The molecule has 2 aromatic rings. The van der Waals surface area contributed by atoms with Gasteiger partial charge in [0.1, 0.15) is 10.8 Å². The number of carbonyl (C=O) groups is 1. The van der Waals surface area contributed by atoms with Crippen LogP contribution in [0, 0.1) is 6.92 Å². The van der Waals surface area contributed by atoms with Gasteiger partial charge in [0.05, 0.1) is 24.7 Å². The molecule has 0 spiro atoms. The summed E-state index contributed by atoms with van der Waals surface area (Å²) in [6.07, 6.45) is 0. The second kappa shape index (κ2) is 9.29. The third-order valence-corrected chi connectivity index (χ3v) is 7.94. The molecule has 1 fully saturated rings. The maximum atomic E-state index is 12.9. The normalized spacial score (nSPS) is 15.0. The molecule has 3 rings (SSSR count). The van der Waals surface area contributed by atoms with E-state index in [1.807, 2.05) is 11.8 Å². The Bertz CT molecular complexity index is 1030. The van der Waals surface area contributed by atoms with Crippen LogP contribution in [0.15, 0.2) is 35.2 Å². The fourth-order valence-corrected chi connectivity index (χ4v) is 5.74. The van der Waals surface area contributed by atoms with E-state index >= 15 is 0 Å². The number of benzene rings is 1. The van der Waals surface area contributed by atoms with E-state index in [1.54, 1.807) is 30.3 Å². The first-order chi connectivity index (χ1) is 14.3. The van der Waals surface area contributed by atoms with Crippen LogP contribution in [0.4, 0.5) is 5.00 Å². The van der Waals surface area contributed by atoms with Crippen molar-refractivity contribution in [3.8, 4) is 5.75 Å². The van der Waals surface area contributed by atoms with Gasteiger partial charge >= 0.3 is 5.97 Å². The molecule has 0 radical (unpaired) electrons. The molecule has 1 saturated heterocycles. The number of rotatable bonds is 5. The molecule has 162 valence electrons. The number of thiocarbonyl (C=S) groups is 1. The van der Waals surface area contributed by atoms with Crippen LogP contribution >= 0.6 is 23.6 Å². The smallest absolute Gasteiger partial charge is 0.340 e. The van der Waals surface area contributed by atoms with E-state index < -0.39 is 16.0 Å². The molecule has 8 nitrogen and oxygen atoms in total. The van der Waals surface area contributed by atoms with Gasteiger partial charge in [-0.25, -0.2) is 13.2 Å². The summed E-state index contributed by atoms with van der Waals surface area (Å²) in [7, 11) is -0.718. The lowest BCUT2D eigenvalue weighted by Crippen LogP contribution is -2.51. The Morgan fingerprint density at radius 2 is 1.77 bits per heavy atom. The minimum Gasteiger partial charge on any atom is -0.497 e. The molecule has 2 heterocycles. The van der Waals surface area contributed by atoms with Crippen LogP contribution in [0.3, 0.4) is 0 Å². The highest BCUT2D eigenvalue weighted by atomic mass is 32.2. The van der Waals surface area contributed by atoms with E-state index in [2.05, 4.69) is 5.32 Å². The zero-order valence-corrected chi connectivity index (χ0v) is 19.3. The van der Waals surface area contributed by atoms with Gasteiger partial charge in [-0.3, -0.25) is 0 Å². The van der Waals surface area contributed by atoms with Crippen LogP contribution < -0.4 is 10.1 Å². The van der Waals surface area contributed by atoms with Gasteiger partial charge in [0.2, 0.25) is 10.0 Å². The van der Waals surface area contributed by atoms with Crippen LogP contribution in [-0.2, 0) is 14.8 Å². The largest absolute Gasteiger partial charge is 0.497 e. The monoisotopic (exact) mass is 469 g/mol. The number of esters is 1. The Labute approximate surface area is 185 Å². The van der Waals surface area contributed by atoms with E-state index in [-0.39, 0.29) is 4.90 Å². The third-order valence-electron chi connectivity index (χ3n) is 4.70. The van der Waals surface area contributed by atoms with Gasteiger partial charge in [-0.15, -0.1) is 11.3 Å². The van der Waals surface area contributed by atoms with Crippen molar-refractivity contribution in [2.24, 2.45) is 0 Å². The topological polar surface area (TPSA) is 88.2 Å². The maximum absolute atomic E-state index is 12.9. The highest BCUT2D eigenvalue weighted by molar-refractivity contribution is 7.89. The summed E-state index contributed by atoms with van der Waals surface area (Å²) in [5.74, 6) is 0.172. The number of hydrogen-bond acceptors (Lipinski definition) is 7. The molecule has 1 N–H and O–H groups in total. The van der Waals surface area contributed by atoms with Crippen LogP contribution in [0.1, 0.15) is 15.2 Å². The minimum absolute atomic E-state index is 0.231. The highest BCUT2D eigenvalue weighted by Crippen LogP contribution is 2.29. The van der Waals surface area contributed by atoms with E-state index in [0.717, 1.165) is 4.88 Å². The summed E-state index contributed by atoms with van der Waals surface area (Å²) in [4.78, 5) is 15.0. The Morgan fingerprint density at radius 1 is 1.13 bits per heavy atom. The Morgan fingerprint density at radius 3 is 2.33 bits per heavy atom. The average Bonchev–Trinajstić information content (AvgIpc) is 3.13. The second-order valence-corrected chi connectivity index (χ2v) is 10.2. The van der Waals surface area contributed by atoms with E-state index in [9.17, 15) is 13.2 Å². The zero-order valence-electron chi connectivity index (χ0n) is 16.9. The van der Waals surface area contributed by atoms with Crippen molar-refractivity contribution < 1.29 is 22.7 Å². The predicted octanol–water partition coefficient (Wildman–Crippen LogP) is 2.56. The number of anilines is 1. The predicted molar refractivity (Wildman–Crippen MR) is 120 cm³/mol. The molecule has 0 saturated carbocycles. The van der Waals surface area contributed by atoms with Crippen molar-refractivity contribution >= 4 is 49.7 Å². The van der Waals surface area contributed by atoms with Crippen molar-refractivity contribution in [2.45, 2.75) is 11.8 Å². The molecule has 0 aliphatic carbocycles. The van der Waals surface area contributed by atoms with E-state index in [4.69, 9.17) is 21.7 Å². The summed E-state index contributed by atoms with van der Waals surface area (Å²) in [5, 5.41) is 4.18. The molecular formula is C19H23N3O5S3. The van der Waals surface area contributed by atoms with Crippen LogP contribution in [0.25, 0.3) is 0 Å². The van der Waals surface area contributed by atoms with Gasteiger partial charge in [-0.05, 0) is 49.5 Å². The number of carbonyl (C=O) groups excluding carboxylic acids is 1. The van der Waals surface area contributed by atoms with Crippen molar-refractivity contribution in [3.05, 3.63) is 40.8 Å². The molecule has 0 unspecified atom stereocenters. The molecule has 11 heteroatoms. The quantitative estimate of drug-likeness (QED) is 0.528. The number of sulfonamides is 1. The van der Waals surface area contributed by atoms with Gasteiger partial charge in [0, 0.05) is 31.1 Å². The van der Waals surface area contributed by atoms with Gasteiger partial charge in [-0.2, -0.15) is 4.31 Å². The Hall–Kier alpha value is -2.21. The highest BCUT2D eigenvalue weighted by Gasteiger charge is 2.29. The minimum atomic E-state index is -3.58. The first kappa shape index (κ1) is 22.5. The summed E-state index contributed by atoms with van der Waals surface area (Å²) in [6.45, 7) is 3.40. The molecule has 1 aromatic carbocycles. The van der Waals surface area contributed by atoms with E-state index in [0.29, 0.717) is 47.6 Å². The summed E-state index contributed by atoms with van der Waals surface area (Å²) < 4.78 is 37.1. The summed E-state index contributed by atoms with van der Waals surface area (Å²) in [6, 6.07) is 8.09. The van der Waals surface area contributed by atoms with Crippen molar-refractivity contribution in [2.75, 3.05) is 45.7 Å². The molecule has 1 aromatic heterocycles. The lowest BCUT2D eigenvalue weighted by molar-refractivity contribution is 0.0602. The lowest BCUT2D eigenvalue weighted by Gasteiger charge is -2.35. The number of piperazine rings is 1. The Kier molecular flexibility index (Phi) is 6.96. The number of hydrogen-bond donors (Lipinski definition) is 1. The molecule has 30 heavy (non-hydrogen) atoms. The number of nitrogens with one attached hydrogen (secondary N) is 1. The summed E-state index contributed by atoms with van der Waals surface area (Å²) >= 11 is 6.90. The SMILES string of the molecule is COC(=O)c1cc(C)sc1NC(=S)N1CCN(S(=O)(=O)c2ccc(OC)cc2)CC1. The Balaban J connectivity index is 1.64. The van der Waals surface area contributed by atoms with Crippen LogP contribution in [0.5, 0.6) is 5.75 Å². The van der Waals surface area contributed by atoms with Crippen LogP contribution in [0.2, 0.25) is 0 Å². The number of aryl methyl sites for hydroxylation is 1. The lowest BCUT2D eigenvalue weighted by atomic mass is 10.3. The average molecular weight is 470 g/mol. The van der Waals surface area contributed by atoms with Crippen molar-refractivity contribution in [1.29, 1.82) is 0 Å². The number of thiophene rings is 1. The first-order valence-electron chi connectivity index (χ1n) is 9.15.